The maximum absolute atomic E-state index is 12.8. The molecule has 0 aliphatic rings. The molecule has 1 rings (SSSR count). The number of amides is 2. The van der Waals surface area contributed by atoms with Crippen LogP contribution in [-0.4, -0.2) is 29.3 Å². The maximum atomic E-state index is 12.8. The van der Waals surface area contributed by atoms with Crippen molar-refractivity contribution in [2.45, 2.75) is 53.6 Å². The Labute approximate surface area is 133 Å². The molecule has 0 spiro atoms. The zero-order valence-electron chi connectivity index (χ0n) is 14.3. The van der Waals surface area contributed by atoms with E-state index in [-0.39, 0.29) is 17.9 Å². The van der Waals surface area contributed by atoms with E-state index in [1.54, 1.807) is 18.7 Å². The molecule has 1 N–H and O–H groups in total. The predicted molar refractivity (Wildman–Crippen MR) is 89.2 cm³/mol. The molecule has 1 aromatic rings. The van der Waals surface area contributed by atoms with E-state index < -0.39 is 5.41 Å². The van der Waals surface area contributed by atoms with Gasteiger partial charge in [-0.15, -0.1) is 0 Å². The first-order valence-electron chi connectivity index (χ1n) is 7.97. The minimum atomic E-state index is -1.06. The van der Waals surface area contributed by atoms with Gasteiger partial charge >= 0.3 is 0 Å². The molecule has 0 heterocycles. The summed E-state index contributed by atoms with van der Waals surface area (Å²) in [6.45, 7) is 10.4. The third-order valence-corrected chi connectivity index (χ3v) is 3.98. The van der Waals surface area contributed by atoms with E-state index >= 15 is 0 Å². The molecule has 0 radical (unpaired) electrons. The Bertz CT molecular complexity index is 497. The van der Waals surface area contributed by atoms with Crippen LogP contribution >= 0.6 is 0 Å². The summed E-state index contributed by atoms with van der Waals surface area (Å²) in [6.07, 6.45) is 0.845. The first-order chi connectivity index (χ1) is 10.3. The highest BCUT2D eigenvalue weighted by Crippen LogP contribution is 2.21. The summed E-state index contributed by atoms with van der Waals surface area (Å²) in [5.74, 6) is -0.349. The smallest absolute Gasteiger partial charge is 0.237 e. The van der Waals surface area contributed by atoms with Gasteiger partial charge in [0.05, 0.1) is 0 Å². The van der Waals surface area contributed by atoms with E-state index in [0.717, 1.165) is 12.0 Å². The van der Waals surface area contributed by atoms with Gasteiger partial charge in [0.25, 0.3) is 0 Å². The lowest BCUT2D eigenvalue weighted by atomic mass is 9.89. The van der Waals surface area contributed by atoms with Crippen molar-refractivity contribution in [2.24, 2.45) is 5.41 Å². The lowest BCUT2D eigenvalue weighted by Gasteiger charge is -2.31. The van der Waals surface area contributed by atoms with Crippen LogP contribution in [0.4, 0.5) is 0 Å². The number of rotatable bonds is 7. The molecule has 2 amide bonds. The van der Waals surface area contributed by atoms with Crippen molar-refractivity contribution >= 4 is 11.8 Å². The van der Waals surface area contributed by atoms with E-state index in [9.17, 15) is 9.59 Å². The summed E-state index contributed by atoms with van der Waals surface area (Å²) in [6, 6.07) is 9.90. The van der Waals surface area contributed by atoms with Crippen LogP contribution in [0.2, 0.25) is 0 Å². The molecule has 0 fully saturated rings. The van der Waals surface area contributed by atoms with Crippen molar-refractivity contribution in [1.82, 2.24) is 10.2 Å². The fourth-order valence-corrected chi connectivity index (χ4v) is 2.13. The van der Waals surface area contributed by atoms with Crippen molar-refractivity contribution in [3.8, 4) is 0 Å². The Hall–Kier alpha value is -1.84. The third kappa shape index (κ3) is 4.58. The molecule has 0 saturated carbocycles. The topological polar surface area (TPSA) is 49.4 Å². The summed E-state index contributed by atoms with van der Waals surface area (Å²) in [5.41, 5.74) is 0.00430. The van der Waals surface area contributed by atoms with Crippen molar-refractivity contribution < 1.29 is 9.59 Å². The first-order valence-corrected chi connectivity index (χ1v) is 7.97. The molecule has 0 bridgehead atoms. The molecule has 1 atom stereocenters. The normalized spacial score (nSPS) is 12.6. The van der Waals surface area contributed by atoms with Gasteiger partial charge in [-0.25, -0.2) is 0 Å². The fourth-order valence-electron chi connectivity index (χ4n) is 2.13. The summed E-state index contributed by atoms with van der Waals surface area (Å²) >= 11 is 0. The lowest BCUT2D eigenvalue weighted by molar-refractivity contribution is -0.149. The molecule has 122 valence electrons. The zero-order valence-corrected chi connectivity index (χ0v) is 14.3. The average Bonchev–Trinajstić information content (AvgIpc) is 2.52. The third-order valence-electron chi connectivity index (χ3n) is 3.98. The number of benzene rings is 1. The monoisotopic (exact) mass is 304 g/mol. The highest BCUT2D eigenvalue weighted by Gasteiger charge is 2.39. The predicted octanol–water partition coefficient (Wildman–Crippen LogP) is 2.98. The molecular formula is C18H28N2O2. The fraction of sp³-hybridized carbons (Fsp3) is 0.556. The quantitative estimate of drug-likeness (QED) is 0.787. The molecule has 22 heavy (non-hydrogen) atoms. The van der Waals surface area contributed by atoms with E-state index in [0.29, 0.717) is 13.1 Å². The first kappa shape index (κ1) is 18.2. The second-order valence-electron chi connectivity index (χ2n) is 6.21. The number of hydrogen-bond acceptors (Lipinski definition) is 2. The highest BCUT2D eigenvalue weighted by atomic mass is 16.2. The minimum Gasteiger partial charge on any atom is -0.353 e. The molecule has 0 aliphatic heterocycles. The van der Waals surface area contributed by atoms with E-state index in [1.165, 1.54) is 0 Å². The maximum Gasteiger partial charge on any atom is 0.237 e. The van der Waals surface area contributed by atoms with Gasteiger partial charge in [0.2, 0.25) is 11.8 Å². The van der Waals surface area contributed by atoms with E-state index in [2.05, 4.69) is 5.32 Å². The van der Waals surface area contributed by atoms with Gasteiger partial charge in [-0.05, 0) is 39.7 Å². The van der Waals surface area contributed by atoms with E-state index in [4.69, 9.17) is 0 Å². The number of nitrogens with zero attached hydrogens (tertiary/aromatic N) is 1. The average molecular weight is 304 g/mol. The minimum absolute atomic E-state index is 0.0729. The van der Waals surface area contributed by atoms with Crippen LogP contribution in [0.3, 0.4) is 0 Å². The standard InChI is InChI=1S/C18H28N2O2/c1-6-14(3)19-16(21)18(4,5)17(22)20(7-2)13-15-11-9-8-10-12-15/h8-12,14H,6-7,13H2,1-5H3,(H,19,21). The van der Waals surface area contributed by atoms with Crippen molar-refractivity contribution in [3.63, 3.8) is 0 Å². The second kappa shape index (κ2) is 7.97. The van der Waals surface area contributed by atoms with Crippen LogP contribution in [0, 0.1) is 5.41 Å². The molecule has 0 aliphatic carbocycles. The molecule has 1 aromatic carbocycles. The molecule has 4 heteroatoms. The number of hydrogen-bond donors (Lipinski definition) is 1. The summed E-state index contributed by atoms with van der Waals surface area (Å²) in [7, 11) is 0. The van der Waals surface area contributed by atoms with Crippen molar-refractivity contribution in [2.75, 3.05) is 6.54 Å². The van der Waals surface area contributed by atoms with E-state index in [1.807, 2.05) is 51.1 Å². The van der Waals surface area contributed by atoms with Crippen molar-refractivity contribution in [3.05, 3.63) is 35.9 Å². The Morgan fingerprint density at radius 3 is 2.27 bits per heavy atom. The van der Waals surface area contributed by atoms with Crippen LogP contribution in [0.1, 0.15) is 46.6 Å². The highest BCUT2D eigenvalue weighted by molar-refractivity contribution is 6.04. The van der Waals surface area contributed by atoms with Gasteiger partial charge in [0, 0.05) is 19.1 Å². The van der Waals surface area contributed by atoms with Gasteiger partial charge in [-0.2, -0.15) is 0 Å². The Morgan fingerprint density at radius 2 is 1.77 bits per heavy atom. The summed E-state index contributed by atoms with van der Waals surface area (Å²) in [4.78, 5) is 26.9. The van der Waals surface area contributed by atoms with Crippen LogP contribution in [0.15, 0.2) is 30.3 Å². The van der Waals surface area contributed by atoms with Crippen LogP contribution in [0.5, 0.6) is 0 Å². The van der Waals surface area contributed by atoms with Crippen molar-refractivity contribution in [1.29, 1.82) is 0 Å². The number of carbonyl (C=O) groups excluding carboxylic acids is 2. The van der Waals surface area contributed by atoms with Gasteiger partial charge < -0.3 is 10.2 Å². The zero-order chi connectivity index (χ0) is 16.8. The number of carbonyl (C=O) groups is 2. The lowest BCUT2D eigenvalue weighted by Crippen LogP contribution is -2.51. The van der Waals surface area contributed by atoms with Gasteiger partial charge in [0.1, 0.15) is 5.41 Å². The second-order valence-corrected chi connectivity index (χ2v) is 6.21. The van der Waals surface area contributed by atoms with Crippen LogP contribution in [-0.2, 0) is 16.1 Å². The number of nitrogens with one attached hydrogen (secondary N) is 1. The molecular weight excluding hydrogens is 276 g/mol. The van der Waals surface area contributed by atoms with Gasteiger partial charge in [-0.1, -0.05) is 37.3 Å². The van der Waals surface area contributed by atoms with Gasteiger partial charge in [0.15, 0.2) is 0 Å². The molecule has 0 aromatic heterocycles. The largest absolute Gasteiger partial charge is 0.353 e. The molecule has 1 unspecified atom stereocenters. The summed E-state index contributed by atoms with van der Waals surface area (Å²) in [5, 5.41) is 2.91. The Balaban J connectivity index is 2.83. The molecule has 4 nitrogen and oxygen atoms in total. The van der Waals surface area contributed by atoms with Gasteiger partial charge in [-0.3, -0.25) is 9.59 Å². The SMILES string of the molecule is CCC(C)NC(=O)C(C)(C)C(=O)N(CC)Cc1ccccc1. The Kier molecular flexibility index (Phi) is 6.60. The summed E-state index contributed by atoms with van der Waals surface area (Å²) < 4.78 is 0. The van der Waals surface area contributed by atoms with Crippen LogP contribution in [0.25, 0.3) is 0 Å². The van der Waals surface area contributed by atoms with Crippen LogP contribution < -0.4 is 5.32 Å². The Morgan fingerprint density at radius 1 is 1.18 bits per heavy atom. The molecule has 0 saturated heterocycles.